The molecule has 106 valence electrons. The lowest BCUT2D eigenvalue weighted by Crippen LogP contribution is -2.41. The van der Waals surface area contributed by atoms with Crippen molar-refractivity contribution in [2.24, 2.45) is 5.41 Å². The minimum Gasteiger partial charge on any atom is -0.464 e. The SMILES string of the molecule is CNC(=O)C(C)(C)CNCc1ccc(C(=O)OC)[nH]1. The maximum atomic E-state index is 11.6. The second-order valence-electron chi connectivity index (χ2n) is 4.96. The number of aromatic nitrogens is 1. The van der Waals surface area contributed by atoms with Crippen LogP contribution >= 0.6 is 0 Å². The van der Waals surface area contributed by atoms with Gasteiger partial charge in [-0.25, -0.2) is 4.79 Å². The molecular weight excluding hydrogens is 246 g/mol. The van der Waals surface area contributed by atoms with Crippen molar-refractivity contribution in [3.05, 3.63) is 23.5 Å². The van der Waals surface area contributed by atoms with Gasteiger partial charge in [0.1, 0.15) is 5.69 Å². The van der Waals surface area contributed by atoms with Gasteiger partial charge >= 0.3 is 5.97 Å². The van der Waals surface area contributed by atoms with Gasteiger partial charge in [0.2, 0.25) is 5.91 Å². The van der Waals surface area contributed by atoms with Gasteiger partial charge in [0.05, 0.1) is 12.5 Å². The third-order valence-corrected chi connectivity index (χ3v) is 2.88. The molecule has 3 N–H and O–H groups in total. The lowest BCUT2D eigenvalue weighted by Gasteiger charge is -2.22. The quantitative estimate of drug-likeness (QED) is 0.661. The molecule has 19 heavy (non-hydrogen) atoms. The minimum absolute atomic E-state index is 0.0123. The maximum absolute atomic E-state index is 11.6. The van der Waals surface area contributed by atoms with E-state index in [0.717, 1.165) is 5.69 Å². The van der Waals surface area contributed by atoms with Crippen molar-refractivity contribution in [3.63, 3.8) is 0 Å². The van der Waals surface area contributed by atoms with Crippen LogP contribution in [-0.2, 0) is 16.1 Å². The first-order chi connectivity index (χ1) is 8.90. The van der Waals surface area contributed by atoms with Crippen molar-refractivity contribution in [2.75, 3.05) is 20.7 Å². The molecule has 0 aliphatic heterocycles. The third kappa shape index (κ3) is 4.10. The molecule has 0 atom stereocenters. The fourth-order valence-corrected chi connectivity index (χ4v) is 1.70. The Hall–Kier alpha value is -1.82. The molecule has 0 spiro atoms. The van der Waals surface area contributed by atoms with Crippen molar-refractivity contribution in [3.8, 4) is 0 Å². The zero-order valence-corrected chi connectivity index (χ0v) is 11.8. The zero-order chi connectivity index (χ0) is 14.5. The summed E-state index contributed by atoms with van der Waals surface area (Å²) in [5.41, 5.74) is 0.810. The van der Waals surface area contributed by atoms with Crippen molar-refractivity contribution in [1.29, 1.82) is 0 Å². The summed E-state index contributed by atoms with van der Waals surface area (Å²) in [6.45, 7) is 4.83. The van der Waals surface area contributed by atoms with E-state index in [1.54, 1.807) is 13.1 Å². The smallest absolute Gasteiger partial charge is 0.354 e. The molecule has 0 saturated carbocycles. The molecule has 1 amide bonds. The van der Waals surface area contributed by atoms with E-state index in [4.69, 9.17) is 0 Å². The molecule has 0 aliphatic carbocycles. The number of ether oxygens (including phenoxy) is 1. The van der Waals surface area contributed by atoms with Crippen LogP contribution in [0, 0.1) is 5.41 Å². The van der Waals surface area contributed by atoms with E-state index < -0.39 is 11.4 Å². The molecule has 0 unspecified atom stereocenters. The number of aromatic amines is 1. The molecule has 0 fully saturated rings. The van der Waals surface area contributed by atoms with Crippen molar-refractivity contribution in [1.82, 2.24) is 15.6 Å². The summed E-state index contributed by atoms with van der Waals surface area (Å²) in [5.74, 6) is -0.404. The molecule has 0 bridgehead atoms. The Morgan fingerprint density at radius 1 is 1.37 bits per heavy atom. The third-order valence-electron chi connectivity index (χ3n) is 2.88. The van der Waals surface area contributed by atoms with Crippen LogP contribution in [0.1, 0.15) is 30.0 Å². The summed E-state index contributed by atoms with van der Waals surface area (Å²) in [6.07, 6.45) is 0. The largest absolute Gasteiger partial charge is 0.464 e. The first-order valence-corrected chi connectivity index (χ1v) is 6.10. The lowest BCUT2D eigenvalue weighted by atomic mass is 9.92. The van der Waals surface area contributed by atoms with Gasteiger partial charge < -0.3 is 20.4 Å². The van der Waals surface area contributed by atoms with Gasteiger partial charge in [-0.15, -0.1) is 0 Å². The molecule has 0 aliphatic rings. The van der Waals surface area contributed by atoms with E-state index in [1.165, 1.54) is 7.11 Å². The number of hydrogen-bond acceptors (Lipinski definition) is 4. The number of hydrogen-bond donors (Lipinski definition) is 3. The van der Waals surface area contributed by atoms with E-state index in [2.05, 4.69) is 20.4 Å². The van der Waals surface area contributed by atoms with Crippen molar-refractivity contribution in [2.45, 2.75) is 20.4 Å². The van der Waals surface area contributed by atoms with Crippen molar-refractivity contribution < 1.29 is 14.3 Å². The Morgan fingerprint density at radius 2 is 2.05 bits per heavy atom. The average molecular weight is 267 g/mol. The Morgan fingerprint density at radius 3 is 2.63 bits per heavy atom. The predicted molar refractivity (Wildman–Crippen MR) is 71.7 cm³/mol. The Labute approximate surface area is 112 Å². The second kappa shape index (κ2) is 6.38. The van der Waals surface area contributed by atoms with Crippen LogP contribution in [-0.4, -0.2) is 37.6 Å². The molecule has 1 rings (SSSR count). The molecule has 1 aromatic heterocycles. The highest BCUT2D eigenvalue weighted by Crippen LogP contribution is 2.13. The molecule has 0 saturated heterocycles. The molecule has 0 radical (unpaired) electrons. The fraction of sp³-hybridized carbons (Fsp3) is 0.538. The molecular formula is C13H21N3O3. The van der Waals surface area contributed by atoms with Gasteiger partial charge in [-0.2, -0.15) is 0 Å². The van der Waals surface area contributed by atoms with E-state index >= 15 is 0 Å². The number of carbonyl (C=O) groups excluding carboxylic acids is 2. The van der Waals surface area contributed by atoms with Crippen LogP contribution < -0.4 is 10.6 Å². The lowest BCUT2D eigenvalue weighted by molar-refractivity contribution is -0.128. The van der Waals surface area contributed by atoms with E-state index in [-0.39, 0.29) is 5.91 Å². The number of H-pyrrole nitrogens is 1. The van der Waals surface area contributed by atoms with Gasteiger partial charge in [0.15, 0.2) is 0 Å². The highest BCUT2D eigenvalue weighted by atomic mass is 16.5. The fourth-order valence-electron chi connectivity index (χ4n) is 1.70. The van der Waals surface area contributed by atoms with Gasteiger partial charge in [-0.05, 0) is 26.0 Å². The van der Waals surface area contributed by atoms with Crippen LogP contribution in [0.3, 0.4) is 0 Å². The number of esters is 1. The molecule has 6 nitrogen and oxygen atoms in total. The molecule has 6 heteroatoms. The maximum Gasteiger partial charge on any atom is 0.354 e. The minimum atomic E-state index is -0.480. The zero-order valence-electron chi connectivity index (χ0n) is 11.8. The van der Waals surface area contributed by atoms with Gasteiger partial charge in [-0.1, -0.05) is 0 Å². The second-order valence-corrected chi connectivity index (χ2v) is 4.96. The van der Waals surface area contributed by atoms with Crippen LogP contribution in [0.25, 0.3) is 0 Å². The average Bonchev–Trinajstić information content (AvgIpc) is 2.85. The van der Waals surface area contributed by atoms with E-state index in [1.807, 2.05) is 19.9 Å². The monoisotopic (exact) mass is 267 g/mol. The van der Waals surface area contributed by atoms with Gasteiger partial charge in [-0.3, -0.25) is 4.79 Å². The first-order valence-electron chi connectivity index (χ1n) is 6.10. The summed E-state index contributed by atoms with van der Waals surface area (Å²) >= 11 is 0. The van der Waals surface area contributed by atoms with Gasteiger partial charge in [0, 0.05) is 25.8 Å². The highest BCUT2D eigenvalue weighted by molar-refractivity contribution is 5.87. The summed E-state index contributed by atoms with van der Waals surface area (Å²) in [6, 6.07) is 3.49. The van der Waals surface area contributed by atoms with Crippen LogP contribution in [0.15, 0.2) is 12.1 Å². The van der Waals surface area contributed by atoms with E-state index in [9.17, 15) is 9.59 Å². The first kappa shape index (κ1) is 15.2. The van der Waals surface area contributed by atoms with Crippen LogP contribution in [0.2, 0.25) is 0 Å². The number of rotatable bonds is 6. The summed E-state index contributed by atoms with van der Waals surface area (Å²) in [5, 5.41) is 5.82. The number of nitrogens with one attached hydrogen (secondary N) is 3. The summed E-state index contributed by atoms with van der Waals surface area (Å²) < 4.78 is 4.61. The van der Waals surface area contributed by atoms with Gasteiger partial charge in [0.25, 0.3) is 0 Å². The number of methoxy groups -OCH3 is 1. The Kier molecular flexibility index (Phi) is 5.11. The summed E-state index contributed by atoms with van der Waals surface area (Å²) in [7, 11) is 2.96. The highest BCUT2D eigenvalue weighted by Gasteiger charge is 2.25. The standard InChI is InChI=1S/C13H21N3O3/c1-13(2,12(18)14-3)8-15-7-9-5-6-10(16-9)11(17)19-4/h5-6,15-16H,7-8H2,1-4H3,(H,14,18). The predicted octanol–water partition coefficient (Wildman–Crippen LogP) is 0.663. The topological polar surface area (TPSA) is 83.2 Å². The van der Waals surface area contributed by atoms with E-state index in [0.29, 0.717) is 18.8 Å². The Bertz CT molecular complexity index is 452. The normalized spacial score (nSPS) is 11.2. The number of carbonyl (C=O) groups is 2. The summed E-state index contributed by atoms with van der Waals surface area (Å²) in [4.78, 5) is 25.8. The van der Waals surface area contributed by atoms with Crippen LogP contribution in [0.4, 0.5) is 0 Å². The molecule has 1 aromatic rings. The number of amides is 1. The Balaban J connectivity index is 2.47. The molecule has 0 aromatic carbocycles. The van der Waals surface area contributed by atoms with Crippen molar-refractivity contribution >= 4 is 11.9 Å². The molecule has 1 heterocycles. The van der Waals surface area contributed by atoms with Crippen LogP contribution in [0.5, 0.6) is 0 Å².